The highest BCUT2D eigenvalue weighted by molar-refractivity contribution is 5.87. The molecule has 0 aliphatic heterocycles. The second kappa shape index (κ2) is 5.92. The zero-order chi connectivity index (χ0) is 15.5. The van der Waals surface area contributed by atoms with E-state index in [1.54, 1.807) is 17.1 Å². The summed E-state index contributed by atoms with van der Waals surface area (Å²) in [7, 11) is 0. The first kappa shape index (κ1) is 14.2. The number of aromatic nitrogens is 5. The monoisotopic (exact) mass is 299 g/mol. The molecule has 114 valence electrons. The van der Waals surface area contributed by atoms with Crippen LogP contribution in [0.2, 0.25) is 0 Å². The number of nitrogens with zero attached hydrogens (tertiary/aromatic N) is 5. The number of nitrogens with two attached hydrogens (primary N) is 3. The fourth-order valence-corrected chi connectivity index (χ4v) is 2.15. The van der Waals surface area contributed by atoms with E-state index in [1.165, 1.54) is 0 Å². The summed E-state index contributed by atoms with van der Waals surface area (Å²) in [6.45, 7) is 1.00. The summed E-state index contributed by atoms with van der Waals surface area (Å²) in [5, 5.41) is 8.08. The molecule has 0 saturated heterocycles. The molecule has 0 radical (unpaired) electrons. The van der Waals surface area contributed by atoms with Gasteiger partial charge in [-0.15, -0.1) is 0 Å². The van der Waals surface area contributed by atoms with Crippen molar-refractivity contribution >= 4 is 22.8 Å². The van der Waals surface area contributed by atoms with E-state index in [2.05, 4.69) is 25.4 Å². The first-order chi connectivity index (χ1) is 10.7. The van der Waals surface area contributed by atoms with E-state index in [0.717, 1.165) is 5.39 Å². The van der Waals surface area contributed by atoms with Gasteiger partial charge in [-0.2, -0.15) is 15.1 Å². The van der Waals surface area contributed by atoms with E-state index in [0.29, 0.717) is 30.2 Å². The third kappa shape index (κ3) is 2.67. The predicted molar refractivity (Wildman–Crippen MR) is 83.6 cm³/mol. The topological polar surface area (TPSA) is 147 Å². The Labute approximate surface area is 126 Å². The van der Waals surface area contributed by atoms with E-state index in [4.69, 9.17) is 17.2 Å². The molecule has 0 amide bonds. The fourth-order valence-electron chi connectivity index (χ4n) is 2.15. The lowest BCUT2D eigenvalue weighted by atomic mass is 10.3. The smallest absolute Gasteiger partial charge is 0.224 e. The van der Waals surface area contributed by atoms with Gasteiger partial charge in [-0.05, 0) is 12.1 Å². The van der Waals surface area contributed by atoms with Gasteiger partial charge >= 0.3 is 0 Å². The number of rotatable bonds is 5. The van der Waals surface area contributed by atoms with E-state index in [1.807, 2.05) is 18.2 Å². The Hall–Kier alpha value is -2.78. The van der Waals surface area contributed by atoms with E-state index >= 15 is 0 Å². The molecule has 22 heavy (non-hydrogen) atoms. The Bertz CT molecular complexity index is 768. The van der Waals surface area contributed by atoms with Gasteiger partial charge in [0.25, 0.3) is 0 Å². The van der Waals surface area contributed by atoms with Gasteiger partial charge < -0.3 is 22.5 Å². The van der Waals surface area contributed by atoms with Crippen molar-refractivity contribution < 1.29 is 0 Å². The molecule has 3 aromatic rings. The molecule has 0 fully saturated rings. The first-order valence-corrected chi connectivity index (χ1v) is 6.81. The highest BCUT2D eigenvalue weighted by Crippen LogP contribution is 2.23. The van der Waals surface area contributed by atoms with Crippen LogP contribution in [0.1, 0.15) is 11.9 Å². The largest absolute Gasteiger partial charge is 0.368 e. The van der Waals surface area contributed by atoms with Crippen molar-refractivity contribution in [3.05, 3.63) is 36.3 Å². The van der Waals surface area contributed by atoms with Crippen molar-refractivity contribution in [1.82, 2.24) is 24.7 Å². The summed E-state index contributed by atoms with van der Waals surface area (Å²) < 4.78 is 1.69. The standard InChI is InChI=1S/C13H17N9/c14-4-6-22-12-8(7-18-22)11(20-13(16)21-12)19-10(15)9-3-1-2-5-17-9/h1-3,5,7,10H,4,6,14-15H2,(H3,16,19,20,21). The lowest BCUT2D eigenvalue weighted by molar-refractivity contribution is 0.640. The molecular formula is C13H17N9. The van der Waals surface area contributed by atoms with Crippen LogP contribution in [0.15, 0.2) is 30.6 Å². The molecule has 0 spiro atoms. The second-order valence-corrected chi connectivity index (χ2v) is 4.70. The van der Waals surface area contributed by atoms with Crippen LogP contribution in [0.5, 0.6) is 0 Å². The van der Waals surface area contributed by atoms with Gasteiger partial charge in [0.2, 0.25) is 5.95 Å². The summed E-state index contributed by atoms with van der Waals surface area (Å²) >= 11 is 0. The minimum atomic E-state index is -0.517. The number of fused-ring (bicyclic) bond motifs is 1. The number of nitrogens with one attached hydrogen (secondary N) is 1. The molecule has 1 atom stereocenters. The quantitative estimate of drug-likeness (QED) is 0.475. The van der Waals surface area contributed by atoms with Crippen LogP contribution >= 0.6 is 0 Å². The lowest BCUT2D eigenvalue weighted by Gasteiger charge is -2.14. The van der Waals surface area contributed by atoms with Crippen molar-refractivity contribution in [2.75, 3.05) is 17.6 Å². The summed E-state index contributed by atoms with van der Waals surface area (Å²) in [6, 6.07) is 5.53. The molecule has 3 rings (SSSR count). The summed E-state index contributed by atoms with van der Waals surface area (Å²) in [6.07, 6.45) is 2.83. The van der Waals surface area contributed by atoms with E-state index in [-0.39, 0.29) is 5.95 Å². The van der Waals surface area contributed by atoms with Crippen molar-refractivity contribution in [3.63, 3.8) is 0 Å². The second-order valence-electron chi connectivity index (χ2n) is 4.70. The van der Waals surface area contributed by atoms with Crippen LogP contribution in [0.25, 0.3) is 11.0 Å². The Morgan fingerprint density at radius 1 is 1.27 bits per heavy atom. The number of nitrogen functional groups attached to an aromatic ring is 1. The average molecular weight is 299 g/mol. The Balaban J connectivity index is 1.96. The molecule has 0 saturated carbocycles. The SMILES string of the molecule is NCCn1ncc2c(NC(N)c3ccccn3)nc(N)nc21. The van der Waals surface area contributed by atoms with Crippen molar-refractivity contribution in [2.24, 2.45) is 11.5 Å². The molecule has 0 aliphatic rings. The van der Waals surface area contributed by atoms with Crippen LogP contribution in [-0.2, 0) is 6.54 Å². The average Bonchev–Trinajstić information content (AvgIpc) is 2.92. The molecule has 3 heterocycles. The van der Waals surface area contributed by atoms with Gasteiger partial charge in [-0.3, -0.25) is 4.98 Å². The number of hydrogen-bond acceptors (Lipinski definition) is 8. The molecular weight excluding hydrogens is 282 g/mol. The van der Waals surface area contributed by atoms with Gasteiger partial charge in [0.15, 0.2) is 5.65 Å². The van der Waals surface area contributed by atoms with Gasteiger partial charge in [0, 0.05) is 12.7 Å². The van der Waals surface area contributed by atoms with Crippen molar-refractivity contribution in [2.45, 2.75) is 12.7 Å². The Morgan fingerprint density at radius 3 is 2.86 bits per heavy atom. The number of hydrogen-bond donors (Lipinski definition) is 4. The molecule has 7 N–H and O–H groups in total. The van der Waals surface area contributed by atoms with Gasteiger partial charge in [-0.25, -0.2) is 4.68 Å². The normalized spacial score (nSPS) is 12.5. The van der Waals surface area contributed by atoms with E-state index < -0.39 is 6.17 Å². The fraction of sp³-hybridized carbons (Fsp3) is 0.231. The lowest BCUT2D eigenvalue weighted by Crippen LogP contribution is -2.22. The molecule has 9 nitrogen and oxygen atoms in total. The van der Waals surface area contributed by atoms with Crippen molar-refractivity contribution in [3.8, 4) is 0 Å². The zero-order valence-electron chi connectivity index (χ0n) is 11.8. The predicted octanol–water partition coefficient (Wildman–Crippen LogP) is -0.168. The third-order valence-corrected chi connectivity index (χ3v) is 3.15. The van der Waals surface area contributed by atoms with Gasteiger partial charge in [0.05, 0.1) is 23.8 Å². The Kier molecular flexibility index (Phi) is 3.81. The number of anilines is 2. The van der Waals surface area contributed by atoms with Crippen LogP contribution in [0, 0.1) is 0 Å². The highest BCUT2D eigenvalue weighted by Gasteiger charge is 2.15. The molecule has 0 aliphatic carbocycles. The minimum absolute atomic E-state index is 0.141. The highest BCUT2D eigenvalue weighted by atomic mass is 15.3. The van der Waals surface area contributed by atoms with Crippen LogP contribution in [-0.4, -0.2) is 31.3 Å². The van der Waals surface area contributed by atoms with Gasteiger partial charge in [-0.1, -0.05) is 6.07 Å². The van der Waals surface area contributed by atoms with Crippen LogP contribution in [0.4, 0.5) is 11.8 Å². The maximum absolute atomic E-state index is 6.11. The van der Waals surface area contributed by atoms with Crippen molar-refractivity contribution in [1.29, 1.82) is 0 Å². The minimum Gasteiger partial charge on any atom is -0.368 e. The maximum Gasteiger partial charge on any atom is 0.224 e. The maximum atomic E-state index is 6.11. The van der Waals surface area contributed by atoms with Crippen LogP contribution < -0.4 is 22.5 Å². The summed E-state index contributed by atoms with van der Waals surface area (Å²) in [5.74, 6) is 0.658. The molecule has 1 unspecified atom stereocenters. The van der Waals surface area contributed by atoms with E-state index in [9.17, 15) is 0 Å². The molecule has 0 aromatic carbocycles. The Morgan fingerprint density at radius 2 is 2.14 bits per heavy atom. The zero-order valence-corrected chi connectivity index (χ0v) is 11.8. The third-order valence-electron chi connectivity index (χ3n) is 3.15. The summed E-state index contributed by atoms with van der Waals surface area (Å²) in [5.41, 5.74) is 18.8. The molecule has 3 aromatic heterocycles. The molecule has 0 bridgehead atoms. The molecule has 9 heteroatoms. The van der Waals surface area contributed by atoms with Crippen LogP contribution in [0.3, 0.4) is 0 Å². The number of pyridine rings is 1. The first-order valence-electron chi connectivity index (χ1n) is 6.81. The van der Waals surface area contributed by atoms with Gasteiger partial charge in [0.1, 0.15) is 12.0 Å². The summed E-state index contributed by atoms with van der Waals surface area (Å²) in [4.78, 5) is 12.6.